The molecule has 2 saturated heterocycles. The van der Waals surface area contributed by atoms with Crippen molar-refractivity contribution in [2.75, 3.05) is 32.7 Å². The molecule has 188 valence electrons. The van der Waals surface area contributed by atoms with Crippen molar-refractivity contribution in [3.8, 4) is 0 Å². The smallest absolute Gasteiger partial charge is 0.311 e. The van der Waals surface area contributed by atoms with Gasteiger partial charge in [0.2, 0.25) is 0 Å². The number of ether oxygens (including phenoxy) is 1. The van der Waals surface area contributed by atoms with Gasteiger partial charge >= 0.3 is 5.97 Å². The lowest BCUT2D eigenvalue weighted by atomic mass is 9.62. The lowest BCUT2D eigenvalue weighted by Gasteiger charge is -2.43. The van der Waals surface area contributed by atoms with E-state index in [1.165, 1.54) is 22.3 Å². The van der Waals surface area contributed by atoms with Gasteiger partial charge in [0.1, 0.15) is 6.10 Å². The maximum atomic E-state index is 13.0. The molecule has 0 amide bonds. The summed E-state index contributed by atoms with van der Waals surface area (Å²) in [5.41, 5.74) is 5.71. The topological polar surface area (TPSA) is 32.8 Å². The molecule has 6 rings (SSSR count). The van der Waals surface area contributed by atoms with E-state index in [1.54, 1.807) is 0 Å². The highest BCUT2D eigenvalue weighted by molar-refractivity contribution is 5.76. The molecule has 0 saturated carbocycles. The number of nitrogens with zero attached hydrogens (tertiary/aromatic N) is 2. The van der Waals surface area contributed by atoms with Crippen molar-refractivity contribution in [2.24, 2.45) is 17.3 Å². The van der Waals surface area contributed by atoms with Gasteiger partial charge in [-0.15, -0.1) is 0 Å². The number of piperazine rings is 1. The molecule has 0 N–H and O–H groups in total. The Morgan fingerprint density at radius 3 is 2.25 bits per heavy atom. The van der Waals surface area contributed by atoms with Crippen LogP contribution < -0.4 is 0 Å². The summed E-state index contributed by atoms with van der Waals surface area (Å²) >= 11 is 0. The molecule has 0 aromatic heterocycles. The van der Waals surface area contributed by atoms with E-state index in [0.717, 1.165) is 52.0 Å². The van der Waals surface area contributed by atoms with E-state index in [1.807, 2.05) is 0 Å². The highest BCUT2D eigenvalue weighted by Crippen LogP contribution is 2.52. The third kappa shape index (κ3) is 4.35. The lowest BCUT2D eigenvalue weighted by molar-refractivity contribution is -0.145. The fourth-order valence-electron chi connectivity index (χ4n) is 7.20. The van der Waals surface area contributed by atoms with E-state index in [4.69, 9.17) is 4.74 Å². The van der Waals surface area contributed by atoms with E-state index < -0.39 is 0 Å². The highest BCUT2D eigenvalue weighted by atomic mass is 16.6. The minimum absolute atomic E-state index is 0.0135. The summed E-state index contributed by atoms with van der Waals surface area (Å²) in [5.74, 6) is 0.174. The Balaban J connectivity index is 1.16. The summed E-state index contributed by atoms with van der Waals surface area (Å²) < 4.78 is 6.00. The number of benzene rings is 2. The zero-order chi connectivity index (χ0) is 24.7. The summed E-state index contributed by atoms with van der Waals surface area (Å²) in [6.07, 6.45) is 8.10. The molecule has 0 spiro atoms. The number of hydrogen-bond donors (Lipinski definition) is 0. The summed E-state index contributed by atoms with van der Waals surface area (Å²) in [4.78, 5) is 18.1. The Morgan fingerprint density at radius 2 is 1.61 bits per heavy atom. The molecule has 2 fully saturated rings. The highest BCUT2D eigenvalue weighted by Gasteiger charge is 2.51. The summed E-state index contributed by atoms with van der Waals surface area (Å²) in [6, 6.07) is 21.9. The molecule has 0 radical (unpaired) electrons. The van der Waals surface area contributed by atoms with Crippen molar-refractivity contribution in [1.29, 1.82) is 0 Å². The van der Waals surface area contributed by atoms with Gasteiger partial charge in [0.15, 0.2) is 0 Å². The largest absolute Gasteiger partial charge is 0.461 e. The van der Waals surface area contributed by atoms with Crippen LogP contribution in [0.4, 0.5) is 0 Å². The first-order chi connectivity index (χ1) is 17.5. The van der Waals surface area contributed by atoms with Crippen LogP contribution in [0.5, 0.6) is 0 Å². The molecule has 0 unspecified atom stereocenters. The van der Waals surface area contributed by atoms with E-state index in [2.05, 4.69) is 96.5 Å². The molecule has 2 aliphatic heterocycles. The van der Waals surface area contributed by atoms with Gasteiger partial charge in [-0.2, -0.15) is 0 Å². The molecular formula is C32H38N2O2. The Hall–Kier alpha value is -2.69. The summed E-state index contributed by atoms with van der Waals surface area (Å²) in [5, 5.41) is 0. The van der Waals surface area contributed by atoms with Crippen molar-refractivity contribution >= 4 is 5.97 Å². The standard InChI is InChI=1S/C32H38N2O2/c1-23-10-9-15-32(2)21-29-26(20-28(23)32)27(31(35)36-29)22-33-16-18-34(19-17-33)30(24-11-5-3-6-12-24)25-13-7-4-8-14-25/h3-8,10-14,20,26-27,29-30H,9,15-19,21-22H2,1-2H3/t26-,27+,29+,32-/m0/s1. The molecule has 4 aliphatic rings. The summed E-state index contributed by atoms with van der Waals surface area (Å²) in [7, 11) is 0. The van der Waals surface area contributed by atoms with Gasteiger partial charge in [-0.3, -0.25) is 14.6 Å². The number of allylic oxidation sites excluding steroid dienone is 3. The number of rotatable bonds is 5. The van der Waals surface area contributed by atoms with Crippen molar-refractivity contribution in [3.05, 3.63) is 95.1 Å². The van der Waals surface area contributed by atoms with E-state index in [-0.39, 0.29) is 35.4 Å². The van der Waals surface area contributed by atoms with Gasteiger partial charge in [0, 0.05) is 38.6 Å². The third-order valence-corrected chi connectivity index (χ3v) is 9.15. The molecule has 4 heteroatoms. The number of fused-ring (bicyclic) bond motifs is 2. The third-order valence-electron chi connectivity index (χ3n) is 9.15. The predicted octanol–water partition coefficient (Wildman–Crippen LogP) is 5.63. The average molecular weight is 483 g/mol. The van der Waals surface area contributed by atoms with E-state index >= 15 is 0 Å². The second kappa shape index (κ2) is 9.64. The maximum Gasteiger partial charge on any atom is 0.311 e. The number of hydrogen-bond acceptors (Lipinski definition) is 4. The van der Waals surface area contributed by atoms with Crippen LogP contribution in [0.1, 0.15) is 50.3 Å². The molecule has 2 aromatic carbocycles. The van der Waals surface area contributed by atoms with Crippen LogP contribution in [0, 0.1) is 17.3 Å². The van der Waals surface area contributed by atoms with Crippen LogP contribution >= 0.6 is 0 Å². The van der Waals surface area contributed by atoms with Crippen LogP contribution in [-0.2, 0) is 9.53 Å². The number of esters is 1. The van der Waals surface area contributed by atoms with Crippen LogP contribution in [0.2, 0.25) is 0 Å². The maximum absolute atomic E-state index is 13.0. The minimum Gasteiger partial charge on any atom is -0.461 e. The second-order valence-corrected chi connectivity index (χ2v) is 11.5. The quantitative estimate of drug-likeness (QED) is 0.517. The van der Waals surface area contributed by atoms with Crippen LogP contribution in [0.15, 0.2) is 84.0 Å². The Morgan fingerprint density at radius 1 is 0.972 bits per heavy atom. The van der Waals surface area contributed by atoms with Gasteiger partial charge in [0.25, 0.3) is 0 Å². The van der Waals surface area contributed by atoms with Crippen LogP contribution in [0.25, 0.3) is 0 Å². The normalized spacial score (nSPS) is 30.9. The average Bonchev–Trinajstić information content (AvgIpc) is 3.18. The van der Waals surface area contributed by atoms with Gasteiger partial charge in [-0.05, 0) is 48.3 Å². The first-order valence-corrected chi connectivity index (χ1v) is 13.7. The van der Waals surface area contributed by atoms with Crippen molar-refractivity contribution < 1.29 is 9.53 Å². The second-order valence-electron chi connectivity index (χ2n) is 11.5. The minimum atomic E-state index is -0.0487. The van der Waals surface area contributed by atoms with Crippen LogP contribution in [-0.4, -0.2) is 54.6 Å². The molecule has 0 bridgehead atoms. The molecule has 2 heterocycles. The SMILES string of the molecule is CC1=CCC[C@@]2(C)C[C@H]3OC(=O)[C@H](CN4CCN(C(c5ccccc5)c5ccccc5)CC4)[C@@H]3C=C12. The monoisotopic (exact) mass is 482 g/mol. The molecule has 2 aromatic rings. The van der Waals surface area contributed by atoms with Crippen molar-refractivity contribution in [2.45, 2.75) is 45.3 Å². The Bertz CT molecular complexity index is 1110. The van der Waals surface area contributed by atoms with Gasteiger partial charge in [0.05, 0.1) is 12.0 Å². The number of carbonyl (C=O) groups excluding carboxylic acids is 1. The molecular weight excluding hydrogens is 444 g/mol. The molecule has 36 heavy (non-hydrogen) atoms. The Kier molecular flexibility index (Phi) is 6.35. The van der Waals surface area contributed by atoms with Gasteiger partial charge in [-0.1, -0.05) is 85.3 Å². The lowest BCUT2D eigenvalue weighted by Crippen LogP contribution is -2.50. The molecule has 4 atom stereocenters. The number of carbonyl (C=O) groups is 1. The first kappa shape index (κ1) is 23.7. The van der Waals surface area contributed by atoms with E-state index in [0.29, 0.717) is 0 Å². The zero-order valence-corrected chi connectivity index (χ0v) is 21.6. The summed E-state index contributed by atoms with van der Waals surface area (Å²) in [6.45, 7) is 9.34. The Labute approximate surface area is 215 Å². The van der Waals surface area contributed by atoms with E-state index in [9.17, 15) is 4.79 Å². The first-order valence-electron chi connectivity index (χ1n) is 13.7. The van der Waals surface area contributed by atoms with Gasteiger partial charge < -0.3 is 4.74 Å². The predicted molar refractivity (Wildman–Crippen MR) is 143 cm³/mol. The van der Waals surface area contributed by atoms with Crippen molar-refractivity contribution in [3.63, 3.8) is 0 Å². The molecule has 4 nitrogen and oxygen atoms in total. The fraction of sp³-hybridized carbons (Fsp3) is 0.469. The van der Waals surface area contributed by atoms with Crippen LogP contribution in [0.3, 0.4) is 0 Å². The fourth-order valence-corrected chi connectivity index (χ4v) is 7.20. The van der Waals surface area contributed by atoms with Gasteiger partial charge in [-0.25, -0.2) is 0 Å². The van der Waals surface area contributed by atoms with Crippen molar-refractivity contribution in [1.82, 2.24) is 9.80 Å². The zero-order valence-electron chi connectivity index (χ0n) is 21.6. The molecule has 2 aliphatic carbocycles.